The fraction of sp³-hybridized carbons (Fsp3) is 0.200. The van der Waals surface area contributed by atoms with E-state index >= 15 is 0 Å². The highest BCUT2D eigenvalue weighted by atomic mass is 35.5. The summed E-state index contributed by atoms with van der Waals surface area (Å²) >= 11 is 12.1. The second kappa shape index (κ2) is 5.83. The lowest BCUT2D eigenvalue weighted by atomic mass is 9.97. The minimum atomic E-state index is -0.328. The number of halogens is 2. The Balaban J connectivity index is 2.48. The Morgan fingerprint density at radius 2 is 1.79 bits per heavy atom. The molecule has 0 aromatic heterocycles. The van der Waals surface area contributed by atoms with Gasteiger partial charge < -0.3 is 10.5 Å². The number of ether oxygens (including phenoxy) is 1. The van der Waals surface area contributed by atoms with E-state index in [1.165, 1.54) is 0 Å². The first-order chi connectivity index (χ1) is 9.01. The number of hydrogen-bond donors (Lipinski definition) is 1. The Morgan fingerprint density at radius 1 is 1.05 bits per heavy atom. The third kappa shape index (κ3) is 3.21. The van der Waals surface area contributed by atoms with Crippen LogP contribution in [0.25, 0.3) is 0 Å². The summed E-state index contributed by atoms with van der Waals surface area (Å²) in [4.78, 5) is 0. The number of aryl methyl sites for hydroxylation is 1. The first-order valence-electron chi connectivity index (χ1n) is 5.87. The highest BCUT2D eigenvalue weighted by Gasteiger charge is 2.15. The molecule has 0 saturated heterocycles. The average molecular weight is 296 g/mol. The number of hydrogen-bond acceptors (Lipinski definition) is 2. The molecule has 0 heterocycles. The second-order valence-corrected chi connectivity index (χ2v) is 5.30. The molecule has 2 N–H and O–H groups in total. The van der Waals surface area contributed by atoms with Gasteiger partial charge in [-0.2, -0.15) is 0 Å². The van der Waals surface area contributed by atoms with E-state index in [1.807, 2.05) is 37.3 Å². The lowest BCUT2D eigenvalue weighted by Gasteiger charge is -2.17. The molecule has 0 aliphatic heterocycles. The van der Waals surface area contributed by atoms with Crippen molar-refractivity contribution in [3.05, 3.63) is 63.1 Å². The number of rotatable bonds is 3. The van der Waals surface area contributed by atoms with Gasteiger partial charge in [0.25, 0.3) is 0 Å². The van der Waals surface area contributed by atoms with E-state index in [4.69, 9.17) is 33.7 Å². The largest absolute Gasteiger partial charge is 0.496 e. The summed E-state index contributed by atoms with van der Waals surface area (Å²) in [6, 6.07) is 10.9. The molecule has 0 saturated carbocycles. The van der Waals surface area contributed by atoms with Crippen molar-refractivity contribution in [1.82, 2.24) is 0 Å². The van der Waals surface area contributed by atoms with Crippen molar-refractivity contribution in [1.29, 1.82) is 0 Å². The van der Waals surface area contributed by atoms with Gasteiger partial charge in [-0.3, -0.25) is 0 Å². The van der Waals surface area contributed by atoms with Gasteiger partial charge in [0.1, 0.15) is 5.75 Å². The van der Waals surface area contributed by atoms with Crippen LogP contribution in [0, 0.1) is 6.92 Å². The van der Waals surface area contributed by atoms with Crippen LogP contribution in [-0.2, 0) is 0 Å². The minimum Gasteiger partial charge on any atom is -0.496 e. The molecule has 0 aliphatic rings. The fourth-order valence-electron chi connectivity index (χ4n) is 2.07. The van der Waals surface area contributed by atoms with Gasteiger partial charge in [0.2, 0.25) is 0 Å². The maximum Gasteiger partial charge on any atom is 0.124 e. The average Bonchev–Trinajstić information content (AvgIpc) is 2.36. The highest BCUT2D eigenvalue weighted by Crippen LogP contribution is 2.32. The first kappa shape index (κ1) is 14.2. The third-order valence-electron chi connectivity index (χ3n) is 2.95. The summed E-state index contributed by atoms with van der Waals surface area (Å²) in [6.45, 7) is 1.98. The topological polar surface area (TPSA) is 35.2 Å². The number of nitrogens with two attached hydrogens (primary N) is 1. The summed E-state index contributed by atoms with van der Waals surface area (Å²) in [5, 5.41) is 1.30. The lowest BCUT2D eigenvalue weighted by molar-refractivity contribution is 0.408. The van der Waals surface area contributed by atoms with Crippen LogP contribution in [0.2, 0.25) is 10.0 Å². The Morgan fingerprint density at radius 3 is 2.42 bits per heavy atom. The van der Waals surface area contributed by atoms with Crippen LogP contribution in [0.5, 0.6) is 5.75 Å². The summed E-state index contributed by atoms with van der Waals surface area (Å²) in [5.41, 5.74) is 9.15. The lowest BCUT2D eigenvalue weighted by Crippen LogP contribution is -2.13. The quantitative estimate of drug-likeness (QED) is 0.913. The van der Waals surface area contributed by atoms with Gasteiger partial charge in [-0.05, 0) is 48.4 Å². The number of methoxy groups -OCH3 is 1. The van der Waals surface area contributed by atoms with Gasteiger partial charge in [0, 0.05) is 15.6 Å². The van der Waals surface area contributed by atoms with Crippen LogP contribution in [-0.4, -0.2) is 7.11 Å². The maximum absolute atomic E-state index is 6.30. The van der Waals surface area contributed by atoms with E-state index in [0.29, 0.717) is 10.0 Å². The Bertz CT molecular complexity index is 578. The molecule has 2 rings (SSSR count). The van der Waals surface area contributed by atoms with Crippen LogP contribution in [0.4, 0.5) is 0 Å². The third-order valence-corrected chi connectivity index (χ3v) is 3.40. The van der Waals surface area contributed by atoms with E-state index in [0.717, 1.165) is 22.4 Å². The van der Waals surface area contributed by atoms with Gasteiger partial charge in [0.15, 0.2) is 0 Å². The predicted molar refractivity (Wildman–Crippen MR) is 80.2 cm³/mol. The maximum atomic E-state index is 6.30. The Labute approximate surface area is 123 Å². The van der Waals surface area contributed by atoms with Gasteiger partial charge in [-0.25, -0.2) is 0 Å². The normalized spacial score (nSPS) is 12.3. The summed E-state index contributed by atoms with van der Waals surface area (Å²) in [7, 11) is 1.61. The van der Waals surface area contributed by atoms with Crippen molar-refractivity contribution in [2.24, 2.45) is 5.73 Å². The van der Waals surface area contributed by atoms with E-state index in [1.54, 1.807) is 13.2 Å². The molecule has 4 heteroatoms. The van der Waals surface area contributed by atoms with Gasteiger partial charge >= 0.3 is 0 Å². The van der Waals surface area contributed by atoms with Crippen LogP contribution in [0.1, 0.15) is 22.7 Å². The van der Waals surface area contributed by atoms with E-state index < -0.39 is 0 Å². The van der Waals surface area contributed by atoms with Gasteiger partial charge in [0.05, 0.1) is 13.2 Å². The first-order valence-corrected chi connectivity index (χ1v) is 6.63. The molecule has 2 aromatic rings. The molecule has 1 unspecified atom stereocenters. The second-order valence-electron chi connectivity index (χ2n) is 4.43. The molecule has 0 amide bonds. The molecule has 2 nitrogen and oxygen atoms in total. The molecular weight excluding hydrogens is 281 g/mol. The molecule has 2 aromatic carbocycles. The zero-order chi connectivity index (χ0) is 14.0. The van der Waals surface area contributed by atoms with E-state index in [9.17, 15) is 0 Å². The molecule has 0 spiro atoms. The van der Waals surface area contributed by atoms with Crippen molar-refractivity contribution < 1.29 is 4.74 Å². The predicted octanol–water partition coefficient (Wildman–Crippen LogP) is 4.36. The monoisotopic (exact) mass is 295 g/mol. The zero-order valence-corrected chi connectivity index (χ0v) is 12.3. The molecule has 1 atom stereocenters. The van der Waals surface area contributed by atoms with Crippen LogP contribution in [0.15, 0.2) is 36.4 Å². The molecule has 0 bridgehead atoms. The van der Waals surface area contributed by atoms with Gasteiger partial charge in [-0.1, -0.05) is 29.3 Å². The summed E-state index contributed by atoms with van der Waals surface area (Å²) in [6.07, 6.45) is 0. The highest BCUT2D eigenvalue weighted by molar-refractivity contribution is 6.31. The summed E-state index contributed by atoms with van der Waals surface area (Å²) < 4.78 is 5.33. The van der Waals surface area contributed by atoms with Crippen molar-refractivity contribution in [3.8, 4) is 5.75 Å². The van der Waals surface area contributed by atoms with Crippen LogP contribution < -0.4 is 10.5 Å². The van der Waals surface area contributed by atoms with Crippen LogP contribution in [0.3, 0.4) is 0 Å². The van der Waals surface area contributed by atoms with Gasteiger partial charge in [-0.15, -0.1) is 0 Å². The van der Waals surface area contributed by atoms with Crippen LogP contribution >= 0.6 is 23.2 Å². The smallest absolute Gasteiger partial charge is 0.124 e. The molecule has 0 fully saturated rings. The van der Waals surface area contributed by atoms with Crippen molar-refractivity contribution >= 4 is 23.2 Å². The molecular formula is C15H15Cl2NO. The van der Waals surface area contributed by atoms with Crippen molar-refractivity contribution in [2.75, 3.05) is 7.11 Å². The molecule has 19 heavy (non-hydrogen) atoms. The molecule has 0 aliphatic carbocycles. The summed E-state index contributed by atoms with van der Waals surface area (Å²) in [5.74, 6) is 0.717. The van der Waals surface area contributed by atoms with E-state index in [-0.39, 0.29) is 6.04 Å². The standard InChI is InChI=1S/C15H15Cl2NO/c1-9-5-10(7-12(17)6-9)15(18)13-8-11(16)3-4-14(13)19-2/h3-8,15H,18H2,1-2H3. The minimum absolute atomic E-state index is 0.328. The number of benzene rings is 2. The Kier molecular flexibility index (Phi) is 4.35. The van der Waals surface area contributed by atoms with Crippen molar-refractivity contribution in [2.45, 2.75) is 13.0 Å². The molecule has 100 valence electrons. The molecule has 0 radical (unpaired) electrons. The van der Waals surface area contributed by atoms with Crippen molar-refractivity contribution in [3.63, 3.8) is 0 Å². The van der Waals surface area contributed by atoms with E-state index in [2.05, 4.69) is 0 Å². The SMILES string of the molecule is COc1ccc(Cl)cc1C(N)c1cc(C)cc(Cl)c1. The Hall–Kier alpha value is -1.22. The fourth-order valence-corrected chi connectivity index (χ4v) is 2.55. The zero-order valence-electron chi connectivity index (χ0n) is 10.8.